The summed E-state index contributed by atoms with van der Waals surface area (Å²) in [5, 5.41) is 12.6. The summed E-state index contributed by atoms with van der Waals surface area (Å²) in [6, 6.07) is 5.75. The second kappa shape index (κ2) is 6.70. The van der Waals surface area contributed by atoms with E-state index < -0.39 is 0 Å². The third-order valence-corrected chi connectivity index (χ3v) is 4.90. The highest BCUT2D eigenvalue weighted by molar-refractivity contribution is 14.1. The van der Waals surface area contributed by atoms with Crippen LogP contribution in [-0.4, -0.2) is 23.7 Å². The Balaban J connectivity index is 1.88. The highest BCUT2D eigenvalue weighted by atomic mass is 127. The summed E-state index contributed by atoms with van der Waals surface area (Å²) in [6.45, 7) is 2.70. The summed E-state index contributed by atoms with van der Waals surface area (Å²) in [4.78, 5) is 12.1. The molecule has 0 unspecified atom stereocenters. The van der Waals surface area contributed by atoms with Crippen molar-refractivity contribution in [2.24, 2.45) is 5.92 Å². The molecule has 0 heterocycles. The zero-order valence-corrected chi connectivity index (χ0v) is 13.3. The van der Waals surface area contributed by atoms with E-state index >= 15 is 0 Å². The van der Waals surface area contributed by atoms with Gasteiger partial charge in [-0.1, -0.05) is 12.5 Å². The normalized spacial score (nSPS) is 23.1. The van der Waals surface area contributed by atoms with E-state index in [2.05, 4.69) is 27.9 Å². The summed E-state index contributed by atoms with van der Waals surface area (Å²) in [6.07, 6.45) is 3.69. The Hall–Kier alpha value is -0.620. The van der Waals surface area contributed by atoms with Crippen LogP contribution in [0.1, 0.15) is 41.6 Å². The lowest BCUT2D eigenvalue weighted by Crippen LogP contribution is -2.33. The summed E-state index contributed by atoms with van der Waals surface area (Å²) in [5.74, 6) is 0.398. The maximum Gasteiger partial charge on any atom is 0.251 e. The Labute approximate surface area is 127 Å². The van der Waals surface area contributed by atoms with Crippen molar-refractivity contribution in [2.45, 2.75) is 38.7 Å². The summed E-state index contributed by atoms with van der Waals surface area (Å²) in [5.41, 5.74) is 1.90. The summed E-state index contributed by atoms with van der Waals surface area (Å²) in [7, 11) is 0. The monoisotopic (exact) mass is 373 g/mol. The molecule has 0 aromatic heterocycles. The van der Waals surface area contributed by atoms with Crippen molar-refractivity contribution in [3.8, 4) is 0 Å². The minimum absolute atomic E-state index is 0.0158. The Morgan fingerprint density at radius 1 is 1.47 bits per heavy atom. The van der Waals surface area contributed by atoms with E-state index in [1.807, 2.05) is 25.1 Å². The number of carbonyl (C=O) groups excluding carboxylic acids is 1. The second-order valence-corrected chi connectivity index (χ2v) is 6.52. The molecule has 1 aromatic rings. The fourth-order valence-electron chi connectivity index (χ4n) is 2.52. The molecule has 1 aliphatic rings. The zero-order valence-electron chi connectivity index (χ0n) is 11.2. The number of rotatable bonds is 3. The van der Waals surface area contributed by atoms with Crippen molar-refractivity contribution in [2.75, 3.05) is 6.54 Å². The fourth-order valence-corrected chi connectivity index (χ4v) is 3.04. The van der Waals surface area contributed by atoms with Crippen LogP contribution in [0.3, 0.4) is 0 Å². The molecule has 0 spiro atoms. The Morgan fingerprint density at radius 2 is 2.26 bits per heavy atom. The van der Waals surface area contributed by atoms with E-state index in [4.69, 9.17) is 0 Å². The number of aryl methyl sites for hydroxylation is 1. The predicted octanol–water partition coefficient (Wildman–Crippen LogP) is 2.88. The third-order valence-electron chi connectivity index (χ3n) is 3.74. The van der Waals surface area contributed by atoms with Gasteiger partial charge in [-0.25, -0.2) is 0 Å². The smallest absolute Gasteiger partial charge is 0.251 e. The topological polar surface area (TPSA) is 49.3 Å². The van der Waals surface area contributed by atoms with Crippen LogP contribution in [-0.2, 0) is 0 Å². The van der Waals surface area contributed by atoms with Gasteiger partial charge in [0.2, 0.25) is 0 Å². The molecule has 3 nitrogen and oxygen atoms in total. The van der Waals surface area contributed by atoms with Gasteiger partial charge in [0.1, 0.15) is 0 Å². The molecule has 0 radical (unpaired) electrons. The van der Waals surface area contributed by atoms with Crippen LogP contribution < -0.4 is 5.32 Å². The van der Waals surface area contributed by atoms with Crippen LogP contribution in [0.4, 0.5) is 0 Å². The molecule has 0 aliphatic heterocycles. The number of hydrogen-bond donors (Lipinski definition) is 2. The quantitative estimate of drug-likeness (QED) is 0.801. The summed E-state index contributed by atoms with van der Waals surface area (Å²) >= 11 is 2.24. The number of halogens is 1. The van der Waals surface area contributed by atoms with Gasteiger partial charge in [-0.3, -0.25) is 4.79 Å². The predicted molar refractivity (Wildman–Crippen MR) is 84.2 cm³/mol. The number of aliphatic hydroxyl groups excluding tert-OH is 1. The van der Waals surface area contributed by atoms with Gasteiger partial charge in [-0.05, 0) is 72.4 Å². The lowest BCUT2D eigenvalue weighted by molar-refractivity contribution is 0.0874. The Bertz CT molecular complexity index is 461. The van der Waals surface area contributed by atoms with Crippen molar-refractivity contribution < 1.29 is 9.90 Å². The average Bonchev–Trinajstić information content (AvgIpc) is 2.39. The molecule has 1 fully saturated rings. The number of hydrogen-bond acceptors (Lipinski definition) is 2. The van der Waals surface area contributed by atoms with Gasteiger partial charge >= 0.3 is 0 Å². The highest BCUT2D eigenvalue weighted by Gasteiger charge is 2.20. The molecule has 1 aliphatic carbocycles. The molecular weight excluding hydrogens is 353 g/mol. The maximum absolute atomic E-state index is 12.1. The minimum atomic E-state index is -0.184. The number of benzene rings is 1. The van der Waals surface area contributed by atoms with E-state index in [1.165, 1.54) is 5.56 Å². The van der Waals surface area contributed by atoms with Crippen molar-refractivity contribution in [1.29, 1.82) is 0 Å². The molecule has 2 N–H and O–H groups in total. The van der Waals surface area contributed by atoms with Gasteiger partial charge in [0.15, 0.2) is 0 Å². The zero-order chi connectivity index (χ0) is 13.8. The maximum atomic E-state index is 12.1. The van der Waals surface area contributed by atoms with Crippen LogP contribution in [0.25, 0.3) is 0 Å². The first kappa shape index (κ1) is 14.8. The molecular formula is C15H20INO2. The lowest BCUT2D eigenvalue weighted by atomic mass is 9.87. The van der Waals surface area contributed by atoms with E-state index in [0.29, 0.717) is 18.0 Å². The van der Waals surface area contributed by atoms with Crippen LogP contribution in [0.5, 0.6) is 0 Å². The number of carbonyl (C=O) groups is 1. The number of amides is 1. The van der Waals surface area contributed by atoms with Gasteiger partial charge in [-0.15, -0.1) is 0 Å². The van der Waals surface area contributed by atoms with Crippen LogP contribution >= 0.6 is 22.6 Å². The van der Waals surface area contributed by atoms with E-state index in [1.54, 1.807) is 0 Å². The fraction of sp³-hybridized carbons (Fsp3) is 0.533. The van der Waals surface area contributed by atoms with Gasteiger partial charge in [0, 0.05) is 15.7 Å². The first-order valence-electron chi connectivity index (χ1n) is 6.78. The first-order valence-corrected chi connectivity index (χ1v) is 7.86. The Morgan fingerprint density at radius 3 is 2.95 bits per heavy atom. The molecule has 2 rings (SSSR count). The molecule has 1 aromatic carbocycles. The molecule has 0 bridgehead atoms. The standard InChI is InChI=1S/C15H20INO2/c1-10-5-6-12(8-14(10)16)15(19)17-9-11-3-2-4-13(18)7-11/h5-6,8,11,13,18H,2-4,7,9H2,1H3,(H,17,19)/t11-,13+/m0/s1. The molecule has 1 amide bonds. The molecule has 2 atom stereocenters. The molecule has 4 heteroatoms. The Kier molecular flexibility index (Phi) is 5.21. The van der Waals surface area contributed by atoms with E-state index in [0.717, 1.165) is 29.3 Å². The van der Waals surface area contributed by atoms with Crippen molar-refractivity contribution >= 4 is 28.5 Å². The highest BCUT2D eigenvalue weighted by Crippen LogP contribution is 2.23. The van der Waals surface area contributed by atoms with Crippen molar-refractivity contribution in [3.63, 3.8) is 0 Å². The van der Waals surface area contributed by atoms with Gasteiger partial charge < -0.3 is 10.4 Å². The minimum Gasteiger partial charge on any atom is -0.393 e. The average molecular weight is 373 g/mol. The van der Waals surface area contributed by atoms with Crippen LogP contribution in [0.2, 0.25) is 0 Å². The number of nitrogens with one attached hydrogen (secondary N) is 1. The first-order chi connectivity index (χ1) is 9.06. The molecule has 19 heavy (non-hydrogen) atoms. The third kappa shape index (κ3) is 4.18. The van der Waals surface area contributed by atoms with Gasteiger partial charge in [0.25, 0.3) is 5.91 Å². The van der Waals surface area contributed by atoms with Gasteiger partial charge in [-0.2, -0.15) is 0 Å². The lowest BCUT2D eigenvalue weighted by Gasteiger charge is -2.25. The molecule has 104 valence electrons. The van der Waals surface area contributed by atoms with Crippen molar-refractivity contribution in [3.05, 3.63) is 32.9 Å². The SMILES string of the molecule is Cc1ccc(C(=O)NC[C@H]2CCC[C@@H](O)C2)cc1I. The molecule has 0 saturated heterocycles. The second-order valence-electron chi connectivity index (χ2n) is 5.36. The largest absolute Gasteiger partial charge is 0.393 e. The molecule has 1 saturated carbocycles. The summed E-state index contributed by atoms with van der Waals surface area (Å²) < 4.78 is 1.11. The van der Waals surface area contributed by atoms with Crippen LogP contribution in [0.15, 0.2) is 18.2 Å². The number of aliphatic hydroxyl groups is 1. The van der Waals surface area contributed by atoms with Crippen LogP contribution in [0, 0.1) is 16.4 Å². The van der Waals surface area contributed by atoms with E-state index in [9.17, 15) is 9.90 Å². The van der Waals surface area contributed by atoms with Crippen molar-refractivity contribution in [1.82, 2.24) is 5.32 Å². The van der Waals surface area contributed by atoms with Gasteiger partial charge in [0.05, 0.1) is 6.10 Å². The van der Waals surface area contributed by atoms with E-state index in [-0.39, 0.29) is 12.0 Å².